The van der Waals surface area contributed by atoms with Crippen molar-refractivity contribution >= 4 is 73.0 Å². The summed E-state index contributed by atoms with van der Waals surface area (Å²) >= 11 is 0. The lowest BCUT2D eigenvalue weighted by molar-refractivity contribution is -0.164. The van der Waals surface area contributed by atoms with E-state index < -0.39 is 101 Å². The molecule has 0 aromatic carbocycles. The van der Waals surface area contributed by atoms with E-state index in [1.165, 1.54) is 25.3 Å². The number of carbonyl (C=O) groups excluding carboxylic acids is 4. The number of ether oxygens (including phenoxy) is 6. The number of esters is 4. The molecule has 0 radical (unpaired) electrons. The third-order valence-electron chi connectivity index (χ3n) is 9.03. The summed E-state index contributed by atoms with van der Waals surface area (Å²) in [6.45, 7) is 20.7. The number of anilines is 2. The number of fused-ring (bicyclic) bond motifs is 2. The standard InChI is InChI=1S/2C20H32N5O8P.C4H10O/c2*1-19(2,3)17(26)30-11-32-34(28,33-12-31-18(27)20(4,5)6)13-29-8-7-25-10-24-14-15(21)22-9-23-16(14)25;1-2-3-4-5/h2*9-10H,7-8,11-13H2,1-6H3,(H2,21,22,23);5H,2-4H2,1H3. The van der Waals surface area contributed by atoms with Gasteiger partial charge in [0.25, 0.3) is 0 Å². The quantitative estimate of drug-likeness (QED) is 0.0232. The Balaban J connectivity index is 0.000000457. The van der Waals surface area contributed by atoms with Gasteiger partial charge in [0.2, 0.25) is 27.2 Å². The lowest BCUT2D eigenvalue weighted by Crippen LogP contribution is -2.25. The van der Waals surface area contributed by atoms with Crippen LogP contribution in [-0.4, -0.2) is 128 Å². The molecule has 73 heavy (non-hydrogen) atoms. The molecule has 0 atom stereocenters. The Morgan fingerprint density at radius 1 is 0.534 bits per heavy atom. The molecule has 0 fully saturated rings. The maximum atomic E-state index is 13.1. The van der Waals surface area contributed by atoms with Gasteiger partial charge < -0.3 is 54.1 Å². The molecule has 0 bridgehead atoms. The Morgan fingerprint density at radius 2 is 0.836 bits per heavy atom. The number of nitrogen functional groups attached to an aromatic ring is 2. The van der Waals surface area contributed by atoms with Gasteiger partial charge in [-0.05, 0) is 89.5 Å². The SMILES string of the molecule is CC(C)(C)C(=O)OCOP(=O)(COCCn1cnc2c(N)ncnc21)OCOC(=O)C(C)(C)C.CC(C)(C)C(=O)OCOP(=O)(COCCn1cnc2c(N)ncnc21)OCOC(=O)C(C)(C)C.CCCCO. The number of imidazole rings is 2. The number of rotatable bonds is 24. The van der Waals surface area contributed by atoms with Crippen molar-refractivity contribution < 1.29 is 79.9 Å². The predicted octanol–water partition coefficient (Wildman–Crippen LogP) is 6.18. The Kier molecular flexibility index (Phi) is 25.4. The summed E-state index contributed by atoms with van der Waals surface area (Å²) in [6.07, 6.45) is 6.80. The second kappa shape index (κ2) is 29.0. The number of carbonyl (C=O) groups is 4. The van der Waals surface area contributed by atoms with Crippen molar-refractivity contribution in [2.75, 3.05) is 71.2 Å². The molecule has 0 saturated heterocycles. The van der Waals surface area contributed by atoms with Gasteiger partial charge in [0.1, 0.15) is 36.4 Å². The maximum Gasteiger partial charge on any atom is 0.361 e. The van der Waals surface area contributed by atoms with Crippen LogP contribution in [0.1, 0.15) is 103 Å². The van der Waals surface area contributed by atoms with Crippen molar-refractivity contribution in [3.05, 3.63) is 25.3 Å². The average molecular weight is 1080 g/mol. The van der Waals surface area contributed by atoms with Gasteiger partial charge in [0.05, 0.1) is 47.5 Å². The third-order valence-corrected chi connectivity index (χ3v) is 12.0. The molecule has 0 unspecified atom stereocenters. The number of hydrogen-bond donors (Lipinski definition) is 3. The fraction of sp³-hybridized carbons (Fsp3) is 0.682. The van der Waals surface area contributed by atoms with Crippen LogP contribution in [0.25, 0.3) is 22.3 Å². The Morgan fingerprint density at radius 3 is 1.08 bits per heavy atom. The minimum absolute atomic E-state index is 0.0929. The van der Waals surface area contributed by atoms with E-state index in [1.54, 1.807) is 92.2 Å². The molecule has 0 aliphatic carbocycles. The summed E-state index contributed by atoms with van der Waals surface area (Å²) < 4.78 is 81.3. The van der Waals surface area contributed by atoms with Gasteiger partial charge >= 0.3 is 39.1 Å². The zero-order chi connectivity index (χ0) is 55.3. The molecule has 5 N–H and O–H groups in total. The first kappa shape index (κ1) is 63.9. The summed E-state index contributed by atoms with van der Waals surface area (Å²) in [6, 6.07) is 0. The van der Waals surface area contributed by atoms with Crippen molar-refractivity contribution in [3.8, 4) is 0 Å². The smallest absolute Gasteiger partial charge is 0.361 e. The first-order valence-electron chi connectivity index (χ1n) is 22.9. The van der Waals surface area contributed by atoms with Gasteiger partial charge in [0.15, 0.2) is 22.9 Å². The van der Waals surface area contributed by atoms with Gasteiger partial charge in [-0.25, -0.2) is 29.9 Å². The van der Waals surface area contributed by atoms with Gasteiger partial charge in [-0.3, -0.25) is 46.4 Å². The van der Waals surface area contributed by atoms with Crippen LogP contribution >= 0.6 is 15.2 Å². The molecular formula is C44H74N10O17P2. The number of nitrogens with zero attached hydrogens (tertiary/aromatic N) is 8. The van der Waals surface area contributed by atoms with Crippen LogP contribution in [0.2, 0.25) is 0 Å². The van der Waals surface area contributed by atoms with Crippen LogP contribution in [0.5, 0.6) is 0 Å². The van der Waals surface area contributed by atoms with E-state index in [4.69, 9.17) is 63.1 Å². The highest BCUT2D eigenvalue weighted by atomic mass is 31.2. The van der Waals surface area contributed by atoms with Crippen LogP contribution < -0.4 is 11.5 Å². The van der Waals surface area contributed by atoms with Gasteiger partial charge in [0, 0.05) is 19.7 Å². The number of nitrogens with two attached hydrogens (primary N) is 2. The van der Waals surface area contributed by atoms with E-state index in [-0.39, 0.29) is 24.8 Å². The summed E-state index contributed by atoms with van der Waals surface area (Å²) in [4.78, 5) is 72.0. The molecule has 412 valence electrons. The van der Waals surface area contributed by atoms with Gasteiger partial charge in [-0.2, -0.15) is 0 Å². The largest absolute Gasteiger partial charge is 0.438 e. The topological polar surface area (TPSA) is 354 Å². The van der Waals surface area contributed by atoms with E-state index in [0.717, 1.165) is 12.8 Å². The molecule has 27 nitrogen and oxygen atoms in total. The Hall–Kier alpha value is -5.24. The molecule has 0 amide bonds. The highest BCUT2D eigenvalue weighted by Gasteiger charge is 2.32. The highest BCUT2D eigenvalue weighted by molar-refractivity contribution is 7.53. The van der Waals surface area contributed by atoms with Crippen LogP contribution in [-0.2, 0) is 87.9 Å². The van der Waals surface area contributed by atoms with Crippen molar-refractivity contribution in [2.24, 2.45) is 21.7 Å². The molecular weight excluding hydrogens is 1000 g/mol. The van der Waals surface area contributed by atoms with Crippen molar-refractivity contribution in [1.29, 1.82) is 0 Å². The molecule has 0 spiro atoms. The molecule has 4 aromatic heterocycles. The van der Waals surface area contributed by atoms with Gasteiger partial charge in [-0.1, -0.05) is 13.3 Å². The first-order chi connectivity index (χ1) is 33.9. The zero-order valence-corrected chi connectivity index (χ0v) is 45.9. The lowest BCUT2D eigenvalue weighted by Gasteiger charge is -2.22. The van der Waals surface area contributed by atoms with E-state index in [2.05, 4.69) is 36.8 Å². The van der Waals surface area contributed by atoms with Crippen molar-refractivity contribution in [1.82, 2.24) is 39.0 Å². The number of aromatic nitrogens is 8. The Bertz CT molecular complexity index is 2240. The van der Waals surface area contributed by atoms with Crippen LogP contribution in [0, 0.1) is 21.7 Å². The first-order valence-corrected chi connectivity index (χ1v) is 26.4. The van der Waals surface area contributed by atoms with Crippen LogP contribution in [0.3, 0.4) is 0 Å². The number of aliphatic hydroxyl groups excluding tert-OH is 1. The Labute approximate surface area is 425 Å². The highest BCUT2D eigenvalue weighted by Crippen LogP contribution is 2.49. The second-order valence-corrected chi connectivity index (χ2v) is 23.8. The number of unbranched alkanes of at least 4 members (excludes halogenated alkanes) is 1. The molecule has 0 saturated carbocycles. The van der Waals surface area contributed by atoms with E-state index >= 15 is 0 Å². The number of aliphatic hydroxyl groups is 1. The second-order valence-electron chi connectivity index (χ2n) is 19.8. The summed E-state index contributed by atoms with van der Waals surface area (Å²) in [5.74, 6) is -1.68. The molecule has 4 heterocycles. The molecule has 29 heteroatoms. The molecule has 4 rings (SSSR count). The lowest BCUT2D eigenvalue weighted by atomic mass is 9.98. The fourth-order valence-electron chi connectivity index (χ4n) is 4.69. The molecule has 0 aliphatic heterocycles. The average Bonchev–Trinajstić information content (AvgIpc) is 3.91. The van der Waals surface area contributed by atoms with Crippen LogP contribution in [0.15, 0.2) is 25.3 Å². The fourth-order valence-corrected chi connectivity index (χ4v) is 6.70. The van der Waals surface area contributed by atoms with Crippen molar-refractivity contribution in [2.45, 2.75) is 116 Å². The summed E-state index contributed by atoms with van der Waals surface area (Å²) in [5, 5.41) is 8.07. The van der Waals surface area contributed by atoms with Gasteiger partial charge in [-0.15, -0.1) is 0 Å². The van der Waals surface area contributed by atoms with Crippen LogP contribution in [0.4, 0.5) is 11.6 Å². The van der Waals surface area contributed by atoms with Crippen molar-refractivity contribution in [3.63, 3.8) is 0 Å². The summed E-state index contributed by atoms with van der Waals surface area (Å²) in [7, 11) is -7.89. The van der Waals surface area contributed by atoms with E-state index in [0.29, 0.717) is 42.0 Å². The number of hydrogen-bond acceptors (Lipinski definition) is 25. The normalized spacial score (nSPS) is 12.4. The monoisotopic (exact) mass is 1080 g/mol. The molecule has 0 aliphatic rings. The van der Waals surface area contributed by atoms with E-state index in [9.17, 15) is 28.3 Å². The zero-order valence-electron chi connectivity index (χ0n) is 44.1. The molecule has 4 aromatic rings. The minimum Gasteiger partial charge on any atom is -0.438 e. The maximum absolute atomic E-state index is 13.1. The third kappa shape index (κ3) is 22.8. The summed E-state index contributed by atoms with van der Waals surface area (Å²) in [5.41, 5.74) is 10.4. The minimum atomic E-state index is -3.95. The van der Waals surface area contributed by atoms with E-state index in [1.807, 2.05) is 0 Å². The predicted molar refractivity (Wildman–Crippen MR) is 264 cm³/mol.